The van der Waals surface area contributed by atoms with Gasteiger partial charge in [0.05, 0.1) is 27.9 Å². The van der Waals surface area contributed by atoms with E-state index in [1.165, 1.54) is 19.1 Å². The summed E-state index contributed by atoms with van der Waals surface area (Å²) in [5.74, 6) is -1.20. The first-order valence-corrected chi connectivity index (χ1v) is 7.83. The van der Waals surface area contributed by atoms with Crippen molar-refractivity contribution in [2.24, 2.45) is 0 Å². The minimum atomic E-state index is -1.04. The maximum atomic E-state index is 12.1. The van der Waals surface area contributed by atoms with Gasteiger partial charge in [0.2, 0.25) is 0 Å². The first kappa shape index (κ1) is 18.3. The number of benzene rings is 2. The van der Waals surface area contributed by atoms with E-state index >= 15 is 0 Å². The van der Waals surface area contributed by atoms with E-state index in [-0.39, 0.29) is 27.9 Å². The SMILES string of the molecule is C[C@@H](OC(=O)c1ccc(CO)cc1)C(=O)Nc1c(Cl)cccc1Cl. The lowest BCUT2D eigenvalue weighted by molar-refractivity contribution is -0.123. The van der Waals surface area contributed by atoms with Crippen LogP contribution in [0.3, 0.4) is 0 Å². The van der Waals surface area contributed by atoms with E-state index in [2.05, 4.69) is 5.32 Å². The molecule has 0 fully saturated rings. The Hall–Kier alpha value is -2.08. The van der Waals surface area contributed by atoms with Crippen molar-refractivity contribution in [1.29, 1.82) is 0 Å². The van der Waals surface area contributed by atoms with Crippen LogP contribution >= 0.6 is 23.2 Å². The second-order valence-electron chi connectivity index (χ2n) is 4.99. The number of amides is 1. The second kappa shape index (κ2) is 8.15. The molecule has 2 aromatic carbocycles. The zero-order chi connectivity index (χ0) is 17.7. The normalized spacial score (nSPS) is 11.7. The maximum Gasteiger partial charge on any atom is 0.338 e. The number of hydrogen-bond donors (Lipinski definition) is 2. The summed E-state index contributed by atoms with van der Waals surface area (Å²) >= 11 is 12.0. The van der Waals surface area contributed by atoms with Crippen LogP contribution in [0.25, 0.3) is 0 Å². The number of nitrogens with one attached hydrogen (secondary N) is 1. The molecule has 0 aliphatic carbocycles. The molecule has 2 rings (SSSR count). The van der Waals surface area contributed by atoms with Crippen LogP contribution in [0.15, 0.2) is 42.5 Å². The highest BCUT2D eigenvalue weighted by atomic mass is 35.5. The highest BCUT2D eigenvalue weighted by Crippen LogP contribution is 2.29. The van der Waals surface area contributed by atoms with Crippen LogP contribution in [-0.4, -0.2) is 23.1 Å². The third-order valence-electron chi connectivity index (χ3n) is 3.24. The molecule has 0 saturated carbocycles. The molecule has 0 unspecified atom stereocenters. The summed E-state index contributed by atoms with van der Waals surface area (Å²) in [6.45, 7) is 1.33. The molecular weight excluding hydrogens is 353 g/mol. The molecule has 2 aromatic rings. The first-order chi connectivity index (χ1) is 11.4. The number of para-hydroxylation sites is 1. The van der Waals surface area contributed by atoms with Gasteiger partial charge in [-0.25, -0.2) is 4.79 Å². The third-order valence-corrected chi connectivity index (χ3v) is 3.87. The van der Waals surface area contributed by atoms with Crippen LogP contribution in [0.1, 0.15) is 22.8 Å². The van der Waals surface area contributed by atoms with Crippen LogP contribution in [0.2, 0.25) is 10.0 Å². The van der Waals surface area contributed by atoms with Crippen LogP contribution in [-0.2, 0) is 16.1 Å². The average molecular weight is 368 g/mol. The fraction of sp³-hybridized carbons (Fsp3) is 0.176. The number of esters is 1. The number of ether oxygens (including phenoxy) is 1. The minimum absolute atomic E-state index is 0.118. The van der Waals surface area contributed by atoms with Gasteiger partial charge in [-0.3, -0.25) is 4.79 Å². The Morgan fingerprint density at radius 3 is 2.25 bits per heavy atom. The summed E-state index contributed by atoms with van der Waals surface area (Å²) in [6.07, 6.45) is -1.04. The summed E-state index contributed by atoms with van der Waals surface area (Å²) in [4.78, 5) is 24.2. The molecular formula is C17H15Cl2NO4. The summed E-state index contributed by atoms with van der Waals surface area (Å²) in [7, 11) is 0. The van der Waals surface area contributed by atoms with Gasteiger partial charge in [0.15, 0.2) is 6.10 Å². The van der Waals surface area contributed by atoms with Gasteiger partial charge < -0.3 is 15.2 Å². The first-order valence-electron chi connectivity index (χ1n) is 7.08. The molecule has 0 heterocycles. The van der Waals surface area contributed by atoms with Crippen molar-refractivity contribution in [3.8, 4) is 0 Å². The second-order valence-corrected chi connectivity index (χ2v) is 5.80. The fourth-order valence-corrected chi connectivity index (χ4v) is 2.36. The van der Waals surface area contributed by atoms with Gasteiger partial charge in [0.1, 0.15) is 0 Å². The molecule has 126 valence electrons. The largest absolute Gasteiger partial charge is 0.449 e. The van der Waals surface area contributed by atoms with Gasteiger partial charge in [-0.2, -0.15) is 0 Å². The number of anilines is 1. The number of hydrogen-bond acceptors (Lipinski definition) is 4. The van der Waals surface area contributed by atoms with Crippen molar-refractivity contribution in [2.45, 2.75) is 19.6 Å². The quantitative estimate of drug-likeness (QED) is 0.790. The van der Waals surface area contributed by atoms with Crippen LogP contribution in [0, 0.1) is 0 Å². The Labute approximate surface area is 149 Å². The average Bonchev–Trinajstić information content (AvgIpc) is 2.58. The Kier molecular flexibility index (Phi) is 6.20. The smallest absolute Gasteiger partial charge is 0.338 e. The zero-order valence-corrected chi connectivity index (χ0v) is 14.3. The lowest BCUT2D eigenvalue weighted by Gasteiger charge is -2.15. The van der Waals surface area contributed by atoms with E-state index in [0.29, 0.717) is 5.56 Å². The number of carbonyl (C=O) groups excluding carboxylic acids is 2. The molecule has 2 N–H and O–H groups in total. The molecule has 0 aromatic heterocycles. The van der Waals surface area contributed by atoms with Crippen LogP contribution in [0.5, 0.6) is 0 Å². The summed E-state index contributed by atoms with van der Waals surface area (Å²) in [5, 5.41) is 12.1. The number of halogens is 2. The van der Waals surface area contributed by atoms with Gasteiger partial charge in [0.25, 0.3) is 5.91 Å². The van der Waals surface area contributed by atoms with E-state index in [0.717, 1.165) is 0 Å². The Morgan fingerprint density at radius 1 is 1.12 bits per heavy atom. The summed E-state index contributed by atoms with van der Waals surface area (Å²) < 4.78 is 5.12. The Bertz CT molecular complexity index is 727. The van der Waals surface area contributed by atoms with Gasteiger partial charge in [0, 0.05) is 0 Å². The number of aliphatic hydroxyl groups excluding tert-OH is 1. The molecule has 0 bridgehead atoms. The Balaban J connectivity index is 2.01. The third kappa shape index (κ3) is 4.47. The van der Waals surface area contributed by atoms with E-state index in [1.807, 2.05) is 0 Å². The van der Waals surface area contributed by atoms with Crippen molar-refractivity contribution in [3.05, 3.63) is 63.6 Å². The topological polar surface area (TPSA) is 75.6 Å². The van der Waals surface area contributed by atoms with Crippen LogP contribution in [0.4, 0.5) is 5.69 Å². The highest BCUT2D eigenvalue weighted by molar-refractivity contribution is 6.39. The van der Waals surface area contributed by atoms with E-state index in [9.17, 15) is 9.59 Å². The van der Waals surface area contributed by atoms with Gasteiger partial charge in [-0.05, 0) is 36.8 Å². The number of rotatable bonds is 5. The van der Waals surface area contributed by atoms with E-state index in [1.54, 1.807) is 30.3 Å². The molecule has 24 heavy (non-hydrogen) atoms. The predicted molar refractivity (Wildman–Crippen MR) is 92.3 cm³/mol. The molecule has 0 aliphatic rings. The molecule has 0 saturated heterocycles. The van der Waals surface area contributed by atoms with Crippen LogP contribution < -0.4 is 5.32 Å². The van der Waals surface area contributed by atoms with Crippen molar-refractivity contribution >= 4 is 40.8 Å². The molecule has 0 spiro atoms. The predicted octanol–water partition coefficient (Wildman–Crippen LogP) is 3.67. The molecule has 5 nitrogen and oxygen atoms in total. The molecule has 0 aliphatic heterocycles. The molecule has 0 radical (unpaired) electrons. The van der Waals surface area contributed by atoms with Gasteiger partial charge in [-0.1, -0.05) is 41.4 Å². The van der Waals surface area contributed by atoms with Crippen molar-refractivity contribution in [2.75, 3.05) is 5.32 Å². The highest BCUT2D eigenvalue weighted by Gasteiger charge is 2.20. The lowest BCUT2D eigenvalue weighted by Crippen LogP contribution is -2.30. The van der Waals surface area contributed by atoms with E-state index in [4.69, 9.17) is 33.0 Å². The molecule has 7 heteroatoms. The molecule has 1 amide bonds. The van der Waals surface area contributed by atoms with E-state index < -0.39 is 18.0 Å². The number of aliphatic hydroxyl groups is 1. The monoisotopic (exact) mass is 367 g/mol. The lowest BCUT2D eigenvalue weighted by atomic mass is 10.1. The van der Waals surface area contributed by atoms with Crippen molar-refractivity contribution in [1.82, 2.24) is 0 Å². The maximum absolute atomic E-state index is 12.1. The fourth-order valence-electron chi connectivity index (χ4n) is 1.87. The minimum Gasteiger partial charge on any atom is -0.449 e. The summed E-state index contributed by atoms with van der Waals surface area (Å²) in [6, 6.07) is 11.1. The van der Waals surface area contributed by atoms with Crippen molar-refractivity contribution < 1.29 is 19.4 Å². The zero-order valence-electron chi connectivity index (χ0n) is 12.8. The standard InChI is InChI=1S/C17H15Cl2NO4/c1-10(16(22)20-15-13(18)3-2-4-14(15)19)24-17(23)12-7-5-11(9-21)6-8-12/h2-8,10,21H,9H2,1H3,(H,20,22)/t10-/m1/s1. The Morgan fingerprint density at radius 2 is 1.71 bits per heavy atom. The molecule has 1 atom stereocenters. The van der Waals surface area contributed by atoms with Gasteiger partial charge in [-0.15, -0.1) is 0 Å². The van der Waals surface area contributed by atoms with Gasteiger partial charge >= 0.3 is 5.97 Å². The van der Waals surface area contributed by atoms with Crippen molar-refractivity contribution in [3.63, 3.8) is 0 Å². The summed E-state index contributed by atoms with van der Waals surface area (Å²) in [5.41, 5.74) is 1.22. The number of carbonyl (C=O) groups is 2.